The van der Waals surface area contributed by atoms with Crippen molar-refractivity contribution in [3.63, 3.8) is 0 Å². The number of ether oxygens (including phenoxy) is 1. The summed E-state index contributed by atoms with van der Waals surface area (Å²) in [5.41, 5.74) is 9.95. The highest BCUT2D eigenvalue weighted by Gasteiger charge is 2.33. The largest absolute Gasteiger partial charge is 0.378 e. The minimum Gasteiger partial charge on any atom is -0.378 e. The summed E-state index contributed by atoms with van der Waals surface area (Å²) in [6, 6.07) is 4.13. The molecule has 100 valence electrons. The first kappa shape index (κ1) is 13.9. The minimum absolute atomic E-state index is 0.0238. The van der Waals surface area contributed by atoms with Crippen LogP contribution in [0.5, 0.6) is 0 Å². The van der Waals surface area contributed by atoms with Gasteiger partial charge in [-0.2, -0.15) is 0 Å². The smallest absolute Gasteiger partial charge is 0.0619 e. The zero-order valence-corrected chi connectivity index (χ0v) is 12.1. The first-order valence-corrected chi connectivity index (χ1v) is 7.06. The molecule has 1 aromatic carbocycles. The predicted octanol–water partition coefficient (Wildman–Crippen LogP) is 3.77. The van der Waals surface area contributed by atoms with E-state index in [0.717, 1.165) is 30.0 Å². The maximum atomic E-state index is 6.42. The van der Waals surface area contributed by atoms with Crippen molar-refractivity contribution in [1.82, 2.24) is 0 Å². The fourth-order valence-corrected chi connectivity index (χ4v) is 3.13. The summed E-state index contributed by atoms with van der Waals surface area (Å²) in [6.07, 6.45) is 2.32. The molecule has 2 rings (SSSR count). The zero-order chi connectivity index (χ0) is 13.3. The fraction of sp³-hybridized carbons (Fsp3) is 0.600. The lowest BCUT2D eigenvalue weighted by atomic mass is 9.86. The summed E-state index contributed by atoms with van der Waals surface area (Å²) in [4.78, 5) is 0. The number of hydrogen-bond donors (Lipinski definition) is 1. The molecule has 1 aliphatic heterocycles. The number of halogens is 1. The monoisotopic (exact) mass is 267 g/mol. The molecule has 0 aromatic heterocycles. The third-order valence-electron chi connectivity index (χ3n) is 4.10. The van der Waals surface area contributed by atoms with E-state index in [4.69, 9.17) is 22.1 Å². The van der Waals surface area contributed by atoms with Crippen LogP contribution in [0.2, 0.25) is 5.02 Å². The number of hydrogen-bond acceptors (Lipinski definition) is 2. The first-order valence-electron chi connectivity index (χ1n) is 6.68. The average Bonchev–Trinajstić information content (AvgIpc) is 2.81. The van der Waals surface area contributed by atoms with Gasteiger partial charge >= 0.3 is 0 Å². The number of rotatable bonds is 3. The second-order valence-corrected chi connectivity index (χ2v) is 5.66. The van der Waals surface area contributed by atoms with Gasteiger partial charge in [0.05, 0.1) is 6.10 Å². The SMILES string of the molecule is CCC1OCCC1C(N)c1cc(C)c(C)cc1Cl. The van der Waals surface area contributed by atoms with E-state index < -0.39 is 0 Å². The lowest BCUT2D eigenvalue weighted by molar-refractivity contribution is 0.0813. The van der Waals surface area contributed by atoms with E-state index in [9.17, 15) is 0 Å². The van der Waals surface area contributed by atoms with Crippen molar-refractivity contribution in [3.8, 4) is 0 Å². The topological polar surface area (TPSA) is 35.2 Å². The Balaban J connectivity index is 2.28. The predicted molar refractivity (Wildman–Crippen MR) is 76.0 cm³/mol. The van der Waals surface area contributed by atoms with Gasteiger partial charge in [0.1, 0.15) is 0 Å². The highest BCUT2D eigenvalue weighted by Crippen LogP contribution is 2.36. The maximum Gasteiger partial charge on any atom is 0.0619 e. The van der Waals surface area contributed by atoms with E-state index in [1.165, 1.54) is 11.1 Å². The van der Waals surface area contributed by atoms with Gasteiger partial charge in [0, 0.05) is 23.6 Å². The van der Waals surface area contributed by atoms with Gasteiger partial charge in [0.25, 0.3) is 0 Å². The van der Waals surface area contributed by atoms with Crippen molar-refractivity contribution in [2.24, 2.45) is 11.7 Å². The van der Waals surface area contributed by atoms with E-state index in [2.05, 4.69) is 26.8 Å². The quantitative estimate of drug-likeness (QED) is 0.905. The molecular weight excluding hydrogens is 246 g/mol. The van der Waals surface area contributed by atoms with Crippen LogP contribution < -0.4 is 5.73 Å². The number of nitrogens with two attached hydrogens (primary N) is 1. The lowest BCUT2D eigenvalue weighted by Gasteiger charge is -2.25. The highest BCUT2D eigenvalue weighted by atomic mass is 35.5. The van der Waals surface area contributed by atoms with Crippen molar-refractivity contribution in [2.45, 2.75) is 45.8 Å². The minimum atomic E-state index is -0.0238. The molecule has 18 heavy (non-hydrogen) atoms. The number of aryl methyl sites for hydroxylation is 2. The highest BCUT2D eigenvalue weighted by molar-refractivity contribution is 6.31. The third kappa shape index (κ3) is 2.56. The van der Waals surface area contributed by atoms with Crippen molar-refractivity contribution in [2.75, 3.05) is 6.61 Å². The van der Waals surface area contributed by atoms with Crippen LogP contribution in [-0.2, 0) is 4.74 Å². The summed E-state index contributed by atoms with van der Waals surface area (Å²) in [6.45, 7) is 7.14. The molecule has 3 unspecified atom stereocenters. The molecule has 2 N–H and O–H groups in total. The molecule has 0 radical (unpaired) electrons. The first-order chi connectivity index (χ1) is 8.54. The molecule has 0 aliphatic carbocycles. The standard InChI is InChI=1S/C15H22ClNO/c1-4-14-11(5-6-18-14)15(17)12-7-9(2)10(3)8-13(12)16/h7-8,11,14-15H,4-6,17H2,1-3H3. The van der Waals surface area contributed by atoms with Gasteiger partial charge in [-0.15, -0.1) is 0 Å². The maximum absolute atomic E-state index is 6.42. The summed E-state index contributed by atoms with van der Waals surface area (Å²) in [7, 11) is 0. The van der Waals surface area contributed by atoms with Gasteiger partial charge in [-0.25, -0.2) is 0 Å². The number of benzene rings is 1. The van der Waals surface area contributed by atoms with Crippen LogP contribution in [0.3, 0.4) is 0 Å². The third-order valence-corrected chi connectivity index (χ3v) is 4.42. The van der Waals surface area contributed by atoms with Crippen LogP contribution in [-0.4, -0.2) is 12.7 Å². The molecule has 1 aromatic rings. The molecule has 1 fully saturated rings. The molecule has 0 saturated carbocycles. The molecule has 3 atom stereocenters. The molecule has 0 amide bonds. The van der Waals surface area contributed by atoms with Crippen LogP contribution in [0, 0.1) is 19.8 Å². The Morgan fingerprint density at radius 2 is 2.06 bits per heavy atom. The van der Waals surface area contributed by atoms with Gasteiger partial charge in [-0.3, -0.25) is 0 Å². The molecule has 0 bridgehead atoms. The van der Waals surface area contributed by atoms with Crippen LogP contribution >= 0.6 is 11.6 Å². The van der Waals surface area contributed by atoms with Crippen LogP contribution in [0.25, 0.3) is 0 Å². The van der Waals surface area contributed by atoms with Crippen molar-refractivity contribution >= 4 is 11.6 Å². The molecule has 1 heterocycles. The van der Waals surface area contributed by atoms with E-state index >= 15 is 0 Å². The van der Waals surface area contributed by atoms with E-state index in [-0.39, 0.29) is 12.1 Å². The van der Waals surface area contributed by atoms with Gasteiger partial charge in [-0.1, -0.05) is 24.6 Å². The Morgan fingerprint density at radius 3 is 2.72 bits per heavy atom. The van der Waals surface area contributed by atoms with Crippen LogP contribution in [0.1, 0.15) is 42.5 Å². The Labute approximate surface area is 114 Å². The molecular formula is C15H22ClNO. The molecule has 0 spiro atoms. The molecule has 2 nitrogen and oxygen atoms in total. The summed E-state index contributed by atoms with van der Waals surface area (Å²) in [5, 5.41) is 0.785. The summed E-state index contributed by atoms with van der Waals surface area (Å²) >= 11 is 6.34. The zero-order valence-electron chi connectivity index (χ0n) is 11.4. The Morgan fingerprint density at radius 1 is 1.39 bits per heavy atom. The molecule has 1 saturated heterocycles. The van der Waals surface area contributed by atoms with Crippen LogP contribution in [0.4, 0.5) is 0 Å². The second kappa shape index (κ2) is 5.60. The van der Waals surface area contributed by atoms with Gasteiger partial charge in [0.2, 0.25) is 0 Å². The van der Waals surface area contributed by atoms with Crippen molar-refractivity contribution in [1.29, 1.82) is 0 Å². The van der Waals surface area contributed by atoms with E-state index in [1.807, 2.05) is 6.07 Å². The van der Waals surface area contributed by atoms with Gasteiger partial charge in [-0.05, 0) is 49.4 Å². The van der Waals surface area contributed by atoms with Crippen molar-refractivity contribution < 1.29 is 4.74 Å². The second-order valence-electron chi connectivity index (χ2n) is 5.25. The normalized spacial score (nSPS) is 25.4. The fourth-order valence-electron chi connectivity index (χ4n) is 2.79. The Bertz CT molecular complexity index is 433. The van der Waals surface area contributed by atoms with Crippen LogP contribution in [0.15, 0.2) is 12.1 Å². The Hall–Kier alpha value is -0.570. The molecule has 3 heteroatoms. The van der Waals surface area contributed by atoms with Gasteiger partial charge < -0.3 is 10.5 Å². The van der Waals surface area contributed by atoms with E-state index in [1.54, 1.807) is 0 Å². The molecule has 1 aliphatic rings. The van der Waals surface area contributed by atoms with Crippen molar-refractivity contribution in [3.05, 3.63) is 33.8 Å². The lowest BCUT2D eigenvalue weighted by Crippen LogP contribution is -2.28. The Kier molecular flexibility index (Phi) is 4.31. The van der Waals surface area contributed by atoms with Gasteiger partial charge in [0.15, 0.2) is 0 Å². The summed E-state index contributed by atoms with van der Waals surface area (Å²) < 4.78 is 5.73. The average molecular weight is 268 g/mol. The summed E-state index contributed by atoms with van der Waals surface area (Å²) in [5.74, 6) is 0.384. The van der Waals surface area contributed by atoms with E-state index in [0.29, 0.717) is 5.92 Å².